The second-order valence-electron chi connectivity index (χ2n) is 6.26. The van der Waals surface area contributed by atoms with Crippen molar-refractivity contribution >= 4 is 11.9 Å². The zero-order valence-corrected chi connectivity index (χ0v) is 14.9. The lowest BCUT2D eigenvalue weighted by Crippen LogP contribution is -2.46. The molecule has 0 bridgehead atoms. The number of ether oxygens (including phenoxy) is 2. The van der Waals surface area contributed by atoms with Gasteiger partial charge in [-0.3, -0.25) is 9.59 Å². The summed E-state index contributed by atoms with van der Waals surface area (Å²) < 4.78 is 25.1. The van der Waals surface area contributed by atoms with Crippen LogP contribution >= 0.6 is 0 Å². The topological polar surface area (TPSA) is 76.1 Å². The van der Waals surface area contributed by atoms with Crippen LogP contribution in [0.3, 0.4) is 0 Å². The fraction of sp³-hybridized carbons (Fsp3) is 0.300. The van der Waals surface area contributed by atoms with Crippen molar-refractivity contribution in [2.75, 3.05) is 26.8 Å². The Labute approximate surface area is 156 Å². The van der Waals surface area contributed by atoms with Gasteiger partial charge in [-0.05, 0) is 35.4 Å². The van der Waals surface area contributed by atoms with Gasteiger partial charge in [0.2, 0.25) is 0 Å². The number of morpholine rings is 1. The van der Waals surface area contributed by atoms with E-state index in [0.717, 1.165) is 5.56 Å². The minimum Gasteiger partial charge on any atom is -0.497 e. The van der Waals surface area contributed by atoms with Gasteiger partial charge in [-0.1, -0.05) is 18.2 Å². The molecular formula is C20H20FNO5. The Balaban J connectivity index is 1.76. The first kappa shape index (κ1) is 18.8. The third-order valence-electron chi connectivity index (χ3n) is 4.45. The van der Waals surface area contributed by atoms with Crippen LogP contribution in [0.5, 0.6) is 5.75 Å². The van der Waals surface area contributed by atoms with Crippen LogP contribution in [-0.4, -0.2) is 54.8 Å². The van der Waals surface area contributed by atoms with Crippen molar-refractivity contribution in [3.63, 3.8) is 0 Å². The van der Waals surface area contributed by atoms with Gasteiger partial charge in [-0.2, -0.15) is 0 Å². The third kappa shape index (κ3) is 4.43. The summed E-state index contributed by atoms with van der Waals surface area (Å²) in [5, 5.41) is 8.87. The van der Waals surface area contributed by atoms with Crippen LogP contribution < -0.4 is 4.74 Å². The first-order chi connectivity index (χ1) is 13.0. The summed E-state index contributed by atoms with van der Waals surface area (Å²) in [7, 11) is 1.57. The summed E-state index contributed by atoms with van der Waals surface area (Å²) >= 11 is 0. The standard InChI is InChI=1S/C20H20FNO5/c1-26-15-5-2-13(3-6-15)14-4-7-17(18(21)10-14)20(25)22-8-9-27-16(12-22)11-19(23)24/h2-7,10,16H,8-9,11-12H2,1H3,(H,23,24)/t16-/m1/s1. The van der Waals surface area contributed by atoms with E-state index in [4.69, 9.17) is 14.6 Å². The Morgan fingerprint density at radius 2 is 1.93 bits per heavy atom. The van der Waals surface area contributed by atoms with Gasteiger partial charge in [0, 0.05) is 13.1 Å². The molecule has 1 saturated heterocycles. The lowest BCUT2D eigenvalue weighted by Gasteiger charge is -2.32. The van der Waals surface area contributed by atoms with E-state index in [0.29, 0.717) is 17.9 Å². The van der Waals surface area contributed by atoms with Crippen molar-refractivity contribution < 1.29 is 28.6 Å². The SMILES string of the molecule is COc1ccc(-c2ccc(C(=O)N3CCO[C@H](CC(=O)O)C3)c(F)c2)cc1. The molecule has 0 radical (unpaired) electrons. The van der Waals surface area contributed by atoms with Crippen molar-refractivity contribution in [1.29, 1.82) is 0 Å². The molecule has 1 amide bonds. The number of carboxylic acid groups (broad SMARTS) is 1. The summed E-state index contributed by atoms with van der Waals surface area (Å²) in [6, 6.07) is 11.7. The van der Waals surface area contributed by atoms with Crippen molar-refractivity contribution in [3.05, 3.63) is 53.8 Å². The molecule has 27 heavy (non-hydrogen) atoms. The first-order valence-electron chi connectivity index (χ1n) is 8.54. The molecule has 6 nitrogen and oxygen atoms in total. The number of nitrogens with zero attached hydrogens (tertiary/aromatic N) is 1. The van der Waals surface area contributed by atoms with E-state index in [-0.39, 0.29) is 25.1 Å². The summed E-state index contributed by atoms with van der Waals surface area (Å²) in [5.41, 5.74) is 1.42. The molecule has 7 heteroatoms. The summed E-state index contributed by atoms with van der Waals surface area (Å²) in [6.07, 6.45) is -0.773. The molecule has 1 fully saturated rings. The van der Waals surface area contributed by atoms with Crippen LogP contribution in [0, 0.1) is 5.82 Å². The van der Waals surface area contributed by atoms with E-state index < -0.39 is 23.8 Å². The monoisotopic (exact) mass is 373 g/mol. The predicted molar refractivity (Wildman–Crippen MR) is 96.3 cm³/mol. The Bertz CT molecular complexity index is 837. The molecule has 1 aliphatic heterocycles. The van der Waals surface area contributed by atoms with Gasteiger partial charge in [0.25, 0.3) is 5.91 Å². The van der Waals surface area contributed by atoms with Gasteiger partial charge >= 0.3 is 5.97 Å². The molecular weight excluding hydrogens is 353 g/mol. The minimum absolute atomic E-state index is 0.0387. The van der Waals surface area contributed by atoms with Crippen molar-refractivity contribution in [1.82, 2.24) is 4.90 Å². The summed E-state index contributed by atoms with van der Waals surface area (Å²) in [5.74, 6) is -1.37. The lowest BCUT2D eigenvalue weighted by atomic mass is 10.0. The van der Waals surface area contributed by atoms with Crippen molar-refractivity contribution in [2.45, 2.75) is 12.5 Å². The molecule has 0 aliphatic carbocycles. The van der Waals surface area contributed by atoms with Gasteiger partial charge in [-0.15, -0.1) is 0 Å². The van der Waals surface area contributed by atoms with E-state index in [1.165, 1.54) is 17.0 Å². The van der Waals surface area contributed by atoms with Gasteiger partial charge in [0.05, 0.1) is 31.8 Å². The maximum atomic E-state index is 14.6. The molecule has 2 aromatic carbocycles. The van der Waals surface area contributed by atoms with Crippen LogP contribution in [0.4, 0.5) is 4.39 Å². The first-order valence-corrected chi connectivity index (χ1v) is 8.54. The average molecular weight is 373 g/mol. The Morgan fingerprint density at radius 1 is 1.22 bits per heavy atom. The second kappa shape index (κ2) is 8.18. The zero-order chi connectivity index (χ0) is 19.4. The molecule has 1 atom stereocenters. The zero-order valence-electron chi connectivity index (χ0n) is 14.9. The smallest absolute Gasteiger partial charge is 0.306 e. The third-order valence-corrected chi connectivity index (χ3v) is 4.45. The summed E-state index contributed by atoms with van der Waals surface area (Å²) in [6.45, 7) is 0.661. The van der Waals surface area contributed by atoms with Gasteiger partial charge in [0.1, 0.15) is 11.6 Å². The van der Waals surface area contributed by atoms with Crippen LogP contribution in [0.2, 0.25) is 0 Å². The van der Waals surface area contributed by atoms with E-state index in [1.807, 2.05) is 12.1 Å². The number of carboxylic acids is 1. The number of amides is 1. The van der Waals surface area contributed by atoms with Crippen molar-refractivity contribution in [3.8, 4) is 16.9 Å². The fourth-order valence-corrected chi connectivity index (χ4v) is 3.04. The quantitative estimate of drug-likeness (QED) is 0.872. The number of hydrogen-bond acceptors (Lipinski definition) is 4. The predicted octanol–water partition coefficient (Wildman–Crippen LogP) is 2.82. The molecule has 1 heterocycles. The average Bonchev–Trinajstić information content (AvgIpc) is 2.67. The fourth-order valence-electron chi connectivity index (χ4n) is 3.04. The van der Waals surface area contributed by atoms with Gasteiger partial charge < -0.3 is 19.5 Å². The molecule has 0 unspecified atom stereocenters. The van der Waals surface area contributed by atoms with Crippen LogP contribution in [-0.2, 0) is 9.53 Å². The number of hydrogen-bond donors (Lipinski definition) is 1. The highest BCUT2D eigenvalue weighted by atomic mass is 19.1. The van der Waals surface area contributed by atoms with Crippen LogP contribution in [0.1, 0.15) is 16.8 Å². The Hall–Kier alpha value is -2.93. The Kier molecular flexibility index (Phi) is 5.71. The van der Waals surface area contributed by atoms with Gasteiger partial charge in [0.15, 0.2) is 0 Å². The highest BCUT2D eigenvalue weighted by Gasteiger charge is 2.28. The van der Waals surface area contributed by atoms with E-state index in [2.05, 4.69) is 0 Å². The molecule has 1 aliphatic rings. The number of halogens is 1. The number of rotatable bonds is 5. The Morgan fingerprint density at radius 3 is 2.56 bits per heavy atom. The maximum absolute atomic E-state index is 14.6. The van der Waals surface area contributed by atoms with E-state index in [1.54, 1.807) is 25.3 Å². The highest BCUT2D eigenvalue weighted by Crippen LogP contribution is 2.25. The lowest BCUT2D eigenvalue weighted by molar-refractivity contribution is -0.141. The molecule has 1 N–H and O–H groups in total. The molecule has 142 valence electrons. The summed E-state index contributed by atoms with van der Waals surface area (Å²) in [4.78, 5) is 24.9. The maximum Gasteiger partial charge on any atom is 0.306 e. The molecule has 0 aromatic heterocycles. The molecule has 0 spiro atoms. The highest BCUT2D eigenvalue weighted by molar-refractivity contribution is 5.95. The van der Waals surface area contributed by atoms with Gasteiger partial charge in [-0.25, -0.2) is 4.39 Å². The van der Waals surface area contributed by atoms with Crippen LogP contribution in [0.25, 0.3) is 11.1 Å². The van der Waals surface area contributed by atoms with Crippen molar-refractivity contribution in [2.24, 2.45) is 0 Å². The molecule has 0 saturated carbocycles. The second-order valence-corrected chi connectivity index (χ2v) is 6.26. The number of aliphatic carboxylic acids is 1. The minimum atomic E-state index is -0.996. The normalized spacial score (nSPS) is 16.8. The molecule has 2 aromatic rings. The molecule has 3 rings (SSSR count). The number of methoxy groups -OCH3 is 1. The largest absolute Gasteiger partial charge is 0.497 e. The van der Waals surface area contributed by atoms with E-state index in [9.17, 15) is 14.0 Å². The van der Waals surface area contributed by atoms with E-state index >= 15 is 0 Å². The number of benzene rings is 2. The number of carbonyl (C=O) groups is 2. The van der Waals surface area contributed by atoms with Crippen LogP contribution in [0.15, 0.2) is 42.5 Å². The number of carbonyl (C=O) groups excluding carboxylic acids is 1.